The van der Waals surface area contributed by atoms with Crippen LogP contribution in [0.15, 0.2) is 48.0 Å². The summed E-state index contributed by atoms with van der Waals surface area (Å²) in [5.41, 5.74) is 2.45. The smallest absolute Gasteiger partial charge is 0.274 e. The van der Waals surface area contributed by atoms with Crippen LogP contribution in [0, 0.1) is 0 Å². The summed E-state index contributed by atoms with van der Waals surface area (Å²) in [6.07, 6.45) is 1.82. The van der Waals surface area contributed by atoms with E-state index in [1.165, 1.54) is 0 Å². The average molecular weight is 326 g/mol. The first-order chi connectivity index (χ1) is 11.2. The van der Waals surface area contributed by atoms with Crippen molar-refractivity contribution < 1.29 is 4.79 Å². The molecule has 0 fully saturated rings. The molecule has 2 heterocycles. The van der Waals surface area contributed by atoms with E-state index >= 15 is 0 Å². The first-order valence-corrected chi connectivity index (χ1v) is 8.34. The average Bonchev–Trinajstić information content (AvgIpc) is 3.24. The Labute approximate surface area is 139 Å². The lowest BCUT2D eigenvalue weighted by Crippen LogP contribution is -2.26. The van der Waals surface area contributed by atoms with E-state index in [4.69, 9.17) is 0 Å². The molecule has 0 bridgehead atoms. The standard InChI is InChI=1S/C17H18N4OS/c1-3-21-10-9-15(19-21)17(22)20(2)11-14-12-23-16(18-14)13-7-5-4-6-8-13/h4-10,12H,3,11H2,1-2H3. The first-order valence-electron chi connectivity index (χ1n) is 7.46. The van der Waals surface area contributed by atoms with Gasteiger partial charge in [-0.05, 0) is 13.0 Å². The Bertz CT molecular complexity index is 794. The monoisotopic (exact) mass is 326 g/mol. The Morgan fingerprint density at radius 2 is 2.04 bits per heavy atom. The molecule has 1 aromatic carbocycles. The highest BCUT2D eigenvalue weighted by Gasteiger charge is 2.16. The lowest BCUT2D eigenvalue weighted by atomic mass is 10.2. The summed E-state index contributed by atoms with van der Waals surface area (Å²) in [5.74, 6) is -0.0912. The molecule has 2 aromatic heterocycles. The third-order valence-electron chi connectivity index (χ3n) is 3.50. The molecule has 3 aromatic rings. The van der Waals surface area contributed by atoms with E-state index in [1.807, 2.05) is 48.8 Å². The van der Waals surface area contributed by atoms with Gasteiger partial charge in [0, 0.05) is 30.7 Å². The lowest BCUT2D eigenvalue weighted by molar-refractivity contribution is 0.0777. The van der Waals surface area contributed by atoms with Crippen LogP contribution in [-0.4, -0.2) is 32.6 Å². The predicted molar refractivity (Wildman–Crippen MR) is 91.2 cm³/mol. The molecule has 118 valence electrons. The summed E-state index contributed by atoms with van der Waals surface area (Å²) in [7, 11) is 1.77. The number of nitrogens with zero attached hydrogens (tertiary/aromatic N) is 4. The largest absolute Gasteiger partial charge is 0.334 e. The van der Waals surface area contributed by atoms with Crippen LogP contribution in [0.2, 0.25) is 0 Å². The topological polar surface area (TPSA) is 51.0 Å². The molecule has 0 saturated carbocycles. The number of hydrogen-bond acceptors (Lipinski definition) is 4. The molecular formula is C17H18N4OS. The van der Waals surface area contributed by atoms with Gasteiger partial charge in [0.2, 0.25) is 0 Å². The molecule has 0 radical (unpaired) electrons. The van der Waals surface area contributed by atoms with Gasteiger partial charge in [-0.25, -0.2) is 4.98 Å². The Kier molecular flexibility index (Phi) is 4.52. The molecule has 0 aliphatic heterocycles. The van der Waals surface area contributed by atoms with Gasteiger partial charge in [-0.2, -0.15) is 5.10 Å². The number of amides is 1. The van der Waals surface area contributed by atoms with Gasteiger partial charge in [0.1, 0.15) is 10.7 Å². The number of benzene rings is 1. The summed E-state index contributed by atoms with van der Waals surface area (Å²) in [5, 5.41) is 7.22. The van der Waals surface area contributed by atoms with Gasteiger partial charge in [-0.1, -0.05) is 30.3 Å². The highest BCUT2D eigenvalue weighted by Crippen LogP contribution is 2.23. The summed E-state index contributed by atoms with van der Waals surface area (Å²) in [6.45, 7) is 3.22. The molecule has 0 N–H and O–H groups in total. The fourth-order valence-corrected chi connectivity index (χ4v) is 3.07. The molecule has 0 aliphatic carbocycles. The minimum Gasteiger partial charge on any atom is -0.334 e. The summed E-state index contributed by atoms with van der Waals surface area (Å²) >= 11 is 1.59. The second-order valence-corrected chi connectivity index (χ2v) is 6.09. The van der Waals surface area contributed by atoms with Crippen LogP contribution in [-0.2, 0) is 13.1 Å². The quantitative estimate of drug-likeness (QED) is 0.723. The van der Waals surface area contributed by atoms with Crippen LogP contribution < -0.4 is 0 Å². The highest BCUT2D eigenvalue weighted by atomic mass is 32.1. The molecule has 0 saturated heterocycles. The van der Waals surface area contributed by atoms with Crippen LogP contribution in [0.1, 0.15) is 23.1 Å². The maximum absolute atomic E-state index is 12.4. The number of carbonyl (C=O) groups excluding carboxylic acids is 1. The van der Waals surface area contributed by atoms with E-state index in [9.17, 15) is 4.79 Å². The molecule has 5 nitrogen and oxygen atoms in total. The van der Waals surface area contributed by atoms with E-state index in [-0.39, 0.29) is 5.91 Å². The summed E-state index contributed by atoms with van der Waals surface area (Å²) in [6, 6.07) is 11.8. The molecule has 3 rings (SSSR count). The van der Waals surface area contributed by atoms with Gasteiger partial charge in [0.05, 0.1) is 12.2 Å². The lowest BCUT2D eigenvalue weighted by Gasteiger charge is -2.14. The zero-order valence-corrected chi connectivity index (χ0v) is 14.0. The summed E-state index contributed by atoms with van der Waals surface area (Å²) < 4.78 is 1.75. The van der Waals surface area contributed by atoms with Crippen LogP contribution in [0.25, 0.3) is 10.6 Å². The van der Waals surface area contributed by atoms with Crippen molar-refractivity contribution in [2.45, 2.75) is 20.0 Å². The van der Waals surface area contributed by atoms with E-state index in [1.54, 1.807) is 34.0 Å². The fourth-order valence-electron chi connectivity index (χ4n) is 2.26. The second-order valence-electron chi connectivity index (χ2n) is 5.23. The molecule has 0 atom stereocenters. The minimum absolute atomic E-state index is 0.0912. The molecule has 1 amide bonds. The van der Waals surface area contributed by atoms with Crippen molar-refractivity contribution in [3.8, 4) is 10.6 Å². The highest BCUT2D eigenvalue weighted by molar-refractivity contribution is 7.13. The molecule has 23 heavy (non-hydrogen) atoms. The predicted octanol–water partition coefficient (Wildman–Crippen LogP) is 3.30. The van der Waals surface area contributed by atoms with Crippen molar-refractivity contribution >= 4 is 17.2 Å². The molecule has 6 heteroatoms. The van der Waals surface area contributed by atoms with Crippen molar-refractivity contribution in [3.05, 3.63) is 59.4 Å². The van der Waals surface area contributed by atoms with Gasteiger partial charge in [0.25, 0.3) is 5.91 Å². The Hall–Kier alpha value is -2.47. The van der Waals surface area contributed by atoms with Crippen molar-refractivity contribution in [3.63, 3.8) is 0 Å². The Morgan fingerprint density at radius 1 is 1.26 bits per heavy atom. The van der Waals surface area contributed by atoms with Crippen LogP contribution >= 0.6 is 11.3 Å². The third kappa shape index (κ3) is 3.48. The van der Waals surface area contributed by atoms with E-state index < -0.39 is 0 Å². The van der Waals surface area contributed by atoms with Crippen molar-refractivity contribution in [1.82, 2.24) is 19.7 Å². The zero-order chi connectivity index (χ0) is 16.2. The van der Waals surface area contributed by atoms with E-state index in [2.05, 4.69) is 10.1 Å². The van der Waals surface area contributed by atoms with Gasteiger partial charge in [0.15, 0.2) is 0 Å². The summed E-state index contributed by atoms with van der Waals surface area (Å²) in [4.78, 5) is 18.6. The van der Waals surface area contributed by atoms with Gasteiger partial charge >= 0.3 is 0 Å². The first kappa shape index (κ1) is 15.4. The minimum atomic E-state index is -0.0912. The van der Waals surface area contributed by atoms with Crippen LogP contribution in [0.3, 0.4) is 0 Å². The normalized spacial score (nSPS) is 10.7. The third-order valence-corrected chi connectivity index (χ3v) is 4.44. The van der Waals surface area contributed by atoms with E-state index in [0.29, 0.717) is 12.2 Å². The maximum Gasteiger partial charge on any atom is 0.274 e. The number of carbonyl (C=O) groups is 1. The SMILES string of the molecule is CCn1ccc(C(=O)N(C)Cc2csc(-c3ccccc3)n2)n1. The number of rotatable bonds is 5. The number of aryl methyl sites for hydroxylation is 1. The van der Waals surface area contributed by atoms with Gasteiger partial charge in [-0.3, -0.25) is 9.48 Å². The number of hydrogen-bond donors (Lipinski definition) is 0. The van der Waals surface area contributed by atoms with Crippen molar-refractivity contribution in [2.75, 3.05) is 7.05 Å². The number of aromatic nitrogens is 3. The molecule has 0 aliphatic rings. The van der Waals surface area contributed by atoms with Crippen molar-refractivity contribution in [2.24, 2.45) is 0 Å². The van der Waals surface area contributed by atoms with E-state index in [0.717, 1.165) is 22.8 Å². The molecule has 0 spiro atoms. The van der Waals surface area contributed by atoms with Crippen LogP contribution in [0.5, 0.6) is 0 Å². The second kappa shape index (κ2) is 6.75. The van der Waals surface area contributed by atoms with Gasteiger partial charge in [-0.15, -0.1) is 11.3 Å². The molecule has 0 unspecified atom stereocenters. The van der Waals surface area contributed by atoms with Crippen LogP contribution in [0.4, 0.5) is 0 Å². The van der Waals surface area contributed by atoms with Gasteiger partial charge < -0.3 is 4.90 Å². The Balaban J connectivity index is 1.69. The molecular weight excluding hydrogens is 308 g/mol. The zero-order valence-electron chi connectivity index (χ0n) is 13.1. The Morgan fingerprint density at radius 3 is 2.74 bits per heavy atom. The number of thiazole rings is 1. The maximum atomic E-state index is 12.4. The van der Waals surface area contributed by atoms with Crippen molar-refractivity contribution in [1.29, 1.82) is 0 Å². The fraction of sp³-hybridized carbons (Fsp3) is 0.235.